The number of carbonyl (C=O) groups excluding carboxylic acids is 1. The maximum Gasteiger partial charge on any atom is 0.255 e. The van der Waals surface area contributed by atoms with Gasteiger partial charge in [0.05, 0.1) is 0 Å². The van der Waals surface area contributed by atoms with Crippen LogP contribution in [0.5, 0.6) is 5.75 Å². The van der Waals surface area contributed by atoms with E-state index in [-0.39, 0.29) is 11.4 Å². The van der Waals surface area contributed by atoms with Crippen LogP contribution >= 0.6 is 0 Å². The monoisotopic (exact) mass is 386 g/mol. The second-order valence-corrected chi connectivity index (χ2v) is 6.40. The van der Waals surface area contributed by atoms with Gasteiger partial charge in [0, 0.05) is 44.8 Å². The van der Waals surface area contributed by atoms with Gasteiger partial charge in [0.25, 0.3) is 5.91 Å². The average molecular weight is 386 g/mol. The Kier molecular flexibility index (Phi) is 5.58. The van der Waals surface area contributed by atoms with Gasteiger partial charge in [0.1, 0.15) is 23.9 Å². The third kappa shape index (κ3) is 4.28. The Bertz CT molecular complexity index is 961. The SMILES string of the molecule is CN(C)c1c(F)cc(NC(=O)c2ccc(OCc3nccn3C)cc2)cc1F. The number of nitrogens with one attached hydrogen (secondary N) is 1. The molecule has 0 bridgehead atoms. The van der Waals surface area contributed by atoms with E-state index in [2.05, 4.69) is 10.3 Å². The number of imidazole rings is 1. The summed E-state index contributed by atoms with van der Waals surface area (Å²) in [5.41, 5.74) is 0.217. The normalized spacial score (nSPS) is 10.6. The van der Waals surface area contributed by atoms with Gasteiger partial charge in [0.2, 0.25) is 0 Å². The Labute approximate surface area is 161 Å². The second-order valence-electron chi connectivity index (χ2n) is 6.40. The third-order valence-corrected chi connectivity index (χ3v) is 4.13. The van der Waals surface area contributed by atoms with Crippen molar-refractivity contribution in [1.82, 2.24) is 9.55 Å². The molecule has 1 amide bonds. The summed E-state index contributed by atoms with van der Waals surface area (Å²) in [6.45, 7) is 0.297. The van der Waals surface area contributed by atoms with Gasteiger partial charge in [-0.05, 0) is 36.4 Å². The largest absolute Gasteiger partial charge is 0.486 e. The summed E-state index contributed by atoms with van der Waals surface area (Å²) < 4.78 is 35.6. The summed E-state index contributed by atoms with van der Waals surface area (Å²) in [6.07, 6.45) is 3.51. The summed E-state index contributed by atoms with van der Waals surface area (Å²) in [5, 5.41) is 2.50. The van der Waals surface area contributed by atoms with Crippen LogP contribution in [0, 0.1) is 11.6 Å². The van der Waals surface area contributed by atoms with Crippen LogP contribution in [-0.4, -0.2) is 29.6 Å². The molecule has 0 aliphatic rings. The molecule has 0 fully saturated rings. The first-order chi connectivity index (χ1) is 13.3. The van der Waals surface area contributed by atoms with Gasteiger partial charge in [-0.15, -0.1) is 0 Å². The number of nitrogens with zero attached hydrogens (tertiary/aromatic N) is 3. The summed E-state index contributed by atoms with van der Waals surface area (Å²) >= 11 is 0. The van der Waals surface area contributed by atoms with Crippen molar-refractivity contribution in [2.75, 3.05) is 24.3 Å². The van der Waals surface area contributed by atoms with E-state index in [4.69, 9.17) is 4.74 Å². The highest BCUT2D eigenvalue weighted by molar-refractivity contribution is 6.04. The predicted octanol–water partition coefficient (Wildman–Crippen LogP) is 3.60. The smallest absolute Gasteiger partial charge is 0.255 e. The topological polar surface area (TPSA) is 59.4 Å². The van der Waals surface area contributed by atoms with Crippen molar-refractivity contribution in [3.63, 3.8) is 0 Å². The van der Waals surface area contributed by atoms with E-state index in [0.717, 1.165) is 18.0 Å². The van der Waals surface area contributed by atoms with Crippen molar-refractivity contribution < 1.29 is 18.3 Å². The molecule has 28 heavy (non-hydrogen) atoms. The number of hydrogen-bond donors (Lipinski definition) is 1. The summed E-state index contributed by atoms with van der Waals surface area (Å²) in [7, 11) is 4.95. The molecule has 3 aromatic rings. The quantitative estimate of drug-likeness (QED) is 0.703. The zero-order valence-corrected chi connectivity index (χ0v) is 15.7. The van der Waals surface area contributed by atoms with Gasteiger partial charge in [0.15, 0.2) is 11.6 Å². The number of aromatic nitrogens is 2. The van der Waals surface area contributed by atoms with Crippen molar-refractivity contribution >= 4 is 17.3 Å². The van der Waals surface area contributed by atoms with Crippen LogP contribution in [0.1, 0.15) is 16.2 Å². The van der Waals surface area contributed by atoms with E-state index < -0.39 is 17.5 Å². The van der Waals surface area contributed by atoms with E-state index in [1.165, 1.54) is 19.0 Å². The Morgan fingerprint density at radius 1 is 1.18 bits per heavy atom. The lowest BCUT2D eigenvalue weighted by molar-refractivity contribution is 0.102. The fourth-order valence-electron chi connectivity index (χ4n) is 2.65. The summed E-state index contributed by atoms with van der Waals surface area (Å²) in [6, 6.07) is 8.61. The fraction of sp³-hybridized carbons (Fsp3) is 0.200. The Hall–Kier alpha value is -3.42. The molecule has 1 heterocycles. The minimum absolute atomic E-state index is 0.0423. The van der Waals surface area contributed by atoms with Crippen molar-refractivity contribution in [2.24, 2.45) is 7.05 Å². The summed E-state index contributed by atoms with van der Waals surface area (Å²) in [5.74, 6) is -0.636. The first-order valence-electron chi connectivity index (χ1n) is 8.52. The van der Waals surface area contributed by atoms with Gasteiger partial charge < -0.3 is 19.5 Å². The molecule has 0 saturated heterocycles. The highest BCUT2D eigenvalue weighted by Gasteiger charge is 2.15. The molecular weight excluding hydrogens is 366 g/mol. The maximum atomic E-state index is 14.0. The molecule has 0 saturated carbocycles. The number of amides is 1. The molecule has 2 aromatic carbocycles. The van der Waals surface area contributed by atoms with E-state index >= 15 is 0 Å². The molecule has 3 rings (SSSR count). The molecule has 0 atom stereocenters. The van der Waals surface area contributed by atoms with Gasteiger partial charge >= 0.3 is 0 Å². The minimum atomic E-state index is -0.752. The third-order valence-electron chi connectivity index (χ3n) is 4.13. The molecule has 0 unspecified atom stereocenters. The molecule has 6 nitrogen and oxygen atoms in total. The van der Waals surface area contributed by atoms with Gasteiger partial charge in [-0.2, -0.15) is 0 Å². The maximum absolute atomic E-state index is 14.0. The molecule has 0 aliphatic heterocycles. The van der Waals surface area contributed by atoms with Crippen LogP contribution < -0.4 is 15.0 Å². The van der Waals surface area contributed by atoms with Gasteiger partial charge in [-0.25, -0.2) is 13.8 Å². The number of benzene rings is 2. The van der Waals surface area contributed by atoms with Crippen molar-refractivity contribution in [3.05, 3.63) is 71.8 Å². The van der Waals surface area contributed by atoms with E-state index in [0.29, 0.717) is 17.9 Å². The van der Waals surface area contributed by atoms with Crippen molar-refractivity contribution in [1.29, 1.82) is 0 Å². The summed E-state index contributed by atoms with van der Waals surface area (Å²) in [4.78, 5) is 17.8. The van der Waals surface area contributed by atoms with Gasteiger partial charge in [-0.1, -0.05) is 0 Å². The van der Waals surface area contributed by atoms with Crippen LogP contribution in [0.15, 0.2) is 48.8 Å². The number of anilines is 2. The number of halogens is 2. The standard InChI is InChI=1S/C20H20F2N4O2/c1-25(2)19-16(21)10-14(11-17(19)22)24-20(27)13-4-6-15(7-5-13)28-12-18-23-8-9-26(18)3/h4-11H,12H2,1-3H3,(H,24,27). The van der Waals surface area contributed by atoms with Gasteiger partial charge in [-0.3, -0.25) is 4.79 Å². The molecule has 0 spiro atoms. The van der Waals surface area contributed by atoms with E-state index in [1.807, 2.05) is 17.8 Å². The first kappa shape index (κ1) is 19.3. The molecule has 0 radical (unpaired) electrons. The zero-order chi connectivity index (χ0) is 20.3. The number of rotatable bonds is 6. The highest BCUT2D eigenvalue weighted by atomic mass is 19.1. The molecule has 8 heteroatoms. The number of carbonyl (C=O) groups is 1. The van der Waals surface area contributed by atoms with E-state index in [1.54, 1.807) is 30.5 Å². The predicted molar refractivity (Wildman–Crippen MR) is 103 cm³/mol. The number of ether oxygens (including phenoxy) is 1. The molecular formula is C20H20F2N4O2. The number of aryl methyl sites for hydroxylation is 1. The molecule has 146 valence electrons. The minimum Gasteiger partial charge on any atom is -0.486 e. The zero-order valence-electron chi connectivity index (χ0n) is 15.7. The second kappa shape index (κ2) is 8.08. The average Bonchev–Trinajstić information content (AvgIpc) is 3.04. The molecule has 0 aliphatic carbocycles. The van der Waals surface area contributed by atoms with Crippen LogP contribution in [-0.2, 0) is 13.7 Å². The highest BCUT2D eigenvalue weighted by Crippen LogP contribution is 2.26. The van der Waals surface area contributed by atoms with Crippen LogP contribution in [0.25, 0.3) is 0 Å². The lowest BCUT2D eigenvalue weighted by Crippen LogP contribution is -2.15. The van der Waals surface area contributed by atoms with Crippen molar-refractivity contribution in [3.8, 4) is 5.75 Å². The first-order valence-corrected chi connectivity index (χ1v) is 8.52. The van der Waals surface area contributed by atoms with Crippen molar-refractivity contribution in [2.45, 2.75) is 6.61 Å². The van der Waals surface area contributed by atoms with Crippen LogP contribution in [0.3, 0.4) is 0 Å². The van der Waals surface area contributed by atoms with Crippen LogP contribution in [0.2, 0.25) is 0 Å². The number of hydrogen-bond acceptors (Lipinski definition) is 4. The lowest BCUT2D eigenvalue weighted by Gasteiger charge is -2.16. The van der Waals surface area contributed by atoms with E-state index in [9.17, 15) is 13.6 Å². The molecule has 1 N–H and O–H groups in total. The Morgan fingerprint density at radius 3 is 2.36 bits per heavy atom. The Balaban J connectivity index is 1.65. The lowest BCUT2D eigenvalue weighted by atomic mass is 10.2. The Morgan fingerprint density at radius 2 is 1.82 bits per heavy atom. The fourth-order valence-corrected chi connectivity index (χ4v) is 2.65. The molecule has 1 aromatic heterocycles. The van der Waals surface area contributed by atoms with Crippen LogP contribution in [0.4, 0.5) is 20.2 Å².